The lowest BCUT2D eigenvalue weighted by molar-refractivity contribution is -0.158. The summed E-state index contributed by atoms with van der Waals surface area (Å²) in [5.74, 6) is -1.69. The minimum atomic E-state index is -4.39. The van der Waals surface area contributed by atoms with Gasteiger partial charge in [-0.05, 0) is 24.8 Å². The third-order valence-corrected chi connectivity index (χ3v) is 7.27. The van der Waals surface area contributed by atoms with E-state index in [2.05, 4.69) is 4.98 Å². The summed E-state index contributed by atoms with van der Waals surface area (Å²) in [5, 5.41) is 0.496. The minimum absolute atomic E-state index is 0.0974. The number of aromatic amines is 1. The number of alkyl halides is 3. The summed E-state index contributed by atoms with van der Waals surface area (Å²) in [5.41, 5.74) is 0.112. The van der Waals surface area contributed by atoms with Gasteiger partial charge in [0.05, 0.1) is 18.4 Å². The van der Waals surface area contributed by atoms with Gasteiger partial charge in [0.15, 0.2) is 0 Å². The number of H-pyrrole nitrogens is 1. The van der Waals surface area contributed by atoms with Crippen molar-refractivity contribution in [2.75, 3.05) is 6.54 Å². The van der Waals surface area contributed by atoms with Crippen LogP contribution in [0.3, 0.4) is 0 Å². The molecule has 30 heavy (non-hydrogen) atoms. The molecule has 2 aromatic heterocycles. The van der Waals surface area contributed by atoms with Crippen LogP contribution >= 0.6 is 11.3 Å². The Hall–Kier alpha value is -2.10. The van der Waals surface area contributed by atoms with Crippen LogP contribution in [0, 0.1) is 5.92 Å². The minimum Gasteiger partial charge on any atom is -0.337 e. The number of carbonyl (C=O) groups excluding carboxylic acids is 1. The topological polar surface area (TPSA) is 75.2 Å². The van der Waals surface area contributed by atoms with Crippen molar-refractivity contribution in [2.45, 2.75) is 70.6 Å². The van der Waals surface area contributed by atoms with Gasteiger partial charge < -0.3 is 4.90 Å². The van der Waals surface area contributed by atoms with Crippen molar-refractivity contribution in [2.24, 2.45) is 5.92 Å². The van der Waals surface area contributed by atoms with Crippen molar-refractivity contribution in [3.05, 3.63) is 31.3 Å². The molecule has 3 heterocycles. The van der Waals surface area contributed by atoms with Crippen LogP contribution in [-0.2, 0) is 17.8 Å². The van der Waals surface area contributed by atoms with E-state index in [1.807, 2.05) is 0 Å². The van der Waals surface area contributed by atoms with Crippen LogP contribution in [0.4, 0.5) is 13.2 Å². The number of amides is 1. The molecule has 4 rings (SSSR count). The lowest BCUT2D eigenvalue weighted by Crippen LogP contribution is -2.40. The van der Waals surface area contributed by atoms with Crippen molar-refractivity contribution in [1.29, 1.82) is 0 Å². The Morgan fingerprint density at radius 3 is 2.60 bits per heavy atom. The number of hydrogen-bond donors (Lipinski definition) is 1. The smallest absolute Gasteiger partial charge is 0.337 e. The van der Waals surface area contributed by atoms with Crippen LogP contribution in [0.5, 0.6) is 0 Å². The molecular formula is C20H24F3N3O3S. The molecule has 1 N–H and O–H groups in total. The Balaban J connectivity index is 1.65. The average Bonchev–Trinajstić information content (AvgIpc) is 3.04. The number of rotatable bonds is 3. The first kappa shape index (κ1) is 21.1. The highest BCUT2D eigenvalue weighted by molar-refractivity contribution is 7.18. The molecule has 0 aromatic carbocycles. The standard InChI is InChI=1S/C20H24F3N3O3S/c1-11(9-20(21,22)23)17(27)25-8-7-13-14(10-25)30-16-15(13)18(28)26(19(29)24-16)12-5-3-2-4-6-12/h11-12H,2-10H2,1H3,(H,24,29). The van der Waals surface area contributed by atoms with E-state index in [1.54, 1.807) is 0 Å². The van der Waals surface area contributed by atoms with Crippen molar-refractivity contribution >= 4 is 27.5 Å². The van der Waals surface area contributed by atoms with E-state index < -0.39 is 30.1 Å². The van der Waals surface area contributed by atoms with E-state index in [0.29, 0.717) is 16.6 Å². The van der Waals surface area contributed by atoms with Gasteiger partial charge in [-0.25, -0.2) is 4.79 Å². The number of carbonyl (C=O) groups is 1. The summed E-state index contributed by atoms with van der Waals surface area (Å²) >= 11 is 1.24. The molecule has 0 radical (unpaired) electrons. The van der Waals surface area contributed by atoms with E-state index in [-0.39, 0.29) is 24.7 Å². The van der Waals surface area contributed by atoms with Gasteiger partial charge in [-0.2, -0.15) is 13.2 Å². The lowest BCUT2D eigenvalue weighted by Gasteiger charge is -2.29. The van der Waals surface area contributed by atoms with Gasteiger partial charge in [0.2, 0.25) is 5.91 Å². The van der Waals surface area contributed by atoms with Crippen molar-refractivity contribution in [3.8, 4) is 0 Å². The van der Waals surface area contributed by atoms with Crippen molar-refractivity contribution in [3.63, 3.8) is 0 Å². The summed E-state index contributed by atoms with van der Waals surface area (Å²) in [6.07, 6.45) is -0.451. The van der Waals surface area contributed by atoms with Gasteiger partial charge in [-0.1, -0.05) is 26.2 Å². The fourth-order valence-electron chi connectivity index (χ4n) is 4.69. The Morgan fingerprint density at radius 1 is 1.23 bits per heavy atom. The maximum absolute atomic E-state index is 13.2. The van der Waals surface area contributed by atoms with Gasteiger partial charge in [0.1, 0.15) is 4.83 Å². The second-order valence-corrected chi connectivity index (χ2v) is 9.44. The number of nitrogens with one attached hydrogen (secondary N) is 1. The first-order chi connectivity index (χ1) is 14.2. The largest absolute Gasteiger partial charge is 0.389 e. The Morgan fingerprint density at radius 2 is 1.93 bits per heavy atom. The van der Waals surface area contributed by atoms with Crippen LogP contribution in [0.2, 0.25) is 0 Å². The second-order valence-electron chi connectivity index (χ2n) is 8.34. The number of halogens is 3. The maximum atomic E-state index is 13.2. The zero-order chi connectivity index (χ0) is 21.6. The molecular weight excluding hydrogens is 419 g/mol. The SMILES string of the molecule is CC(CC(F)(F)F)C(=O)N1CCc2c(sc3[nH]c(=O)n(C4CCCCC4)c(=O)c23)C1. The highest BCUT2D eigenvalue weighted by Gasteiger charge is 2.36. The quantitative estimate of drug-likeness (QED) is 0.786. The molecule has 2 aromatic rings. The van der Waals surface area contributed by atoms with Crippen LogP contribution in [0.25, 0.3) is 10.2 Å². The Bertz CT molecular complexity index is 1080. The first-order valence-electron chi connectivity index (χ1n) is 10.3. The predicted octanol–water partition coefficient (Wildman–Crippen LogP) is 3.73. The molecule has 1 atom stereocenters. The first-order valence-corrected chi connectivity index (χ1v) is 11.1. The molecule has 0 saturated heterocycles. The van der Waals surface area contributed by atoms with E-state index in [1.165, 1.54) is 27.7 Å². The molecule has 1 saturated carbocycles. The monoisotopic (exact) mass is 443 g/mol. The normalized spacial score (nSPS) is 19.1. The molecule has 0 spiro atoms. The zero-order valence-corrected chi connectivity index (χ0v) is 17.5. The van der Waals surface area contributed by atoms with Crippen LogP contribution < -0.4 is 11.2 Å². The van der Waals surface area contributed by atoms with Crippen molar-refractivity contribution < 1.29 is 18.0 Å². The number of thiophene rings is 1. The molecule has 10 heteroatoms. The lowest BCUT2D eigenvalue weighted by atomic mass is 9.95. The third kappa shape index (κ3) is 3.93. The van der Waals surface area contributed by atoms with E-state index in [0.717, 1.165) is 42.5 Å². The van der Waals surface area contributed by atoms with Gasteiger partial charge in [0.25, 0.3) is 5.56 Å². The Kier molecular flexibility index (Phi) is 5.54. The summed E-state index contributed by atoms with van der Waals surface area (Å²) in [4.78, 5) is 43.8. The molecule has 2 aliphatic rings. The summed E-state index contributed by atoms with van der Waals surface area (Å²) in [6, 6.07) is -0.0974. The highest BCUT2D eigenvalue weighted by atomic mass is 32.1. The third-order valence-electron chi connectivity index (χ3n) is 6.14. The summed E-state index contributed by atoms with van der Waals surface area (Å²) in [7, 11) is 0. The molecule has 1 fully saturated rings. The van der Waals surface area contributed by atoms with Crippen LogP contribution in [-0.4, -0.2) is 33.1 Å². The number of nitrogens with zero attached hydrogens (tertiary/aromatic N) is 2. The summed E-state index contributed by atoms with van der Waals surface area (Å²) < 4.78 is 39.3. The van der Waals surface area contributed by atoms with E-state index in [9.17, 15) is 27.6 Å². The fraction of sp³-hybridized carbons (Fsp3) is 0.650. The zero-order valence-electron chi connectivity index (χ0n) is 16.7. The van der Waals surface area contributed by atoms with Gasteiger partial charge >= 0.3 is 11.9 Å². The highest BCUT2D eigenvalue weighted by Crippen LogP contribution is 2.34. The van der Waals surface area contributed by atoms with Gasteiger partial charge in [-0.3, -0.25) is 19.1 Å². The molecule has 1 amide bonds. The maximum Gasteiger partial charge on any atom is 0.389 e. The van der Waals surface area contributed by atoms with E-state index in [4.69, 9.17) is 0 Å². The molecule has 1 unspecified atom stereocenters. The molecule has 1 aliphatic carbocycles. The number of fused-ring (bicyclic) bond motifs is 3. The second kappa shape index (κ2) is 7.86. The number of aromatic nitrogens is 2. The van der Waals surface area contributed by atoms with Crippen LogP contribution in [0.15, 0.2) is 9.59 Å². The average molecular weight is 443 g/mol. The van der Waals surface area contributed by atoms with E-state index >= 15 is 0 Å². The van der Waals surface area contributed by atoms with Crippen LogP contribution in [0.1, 0.15) is 61.9 Å². The number of hydrogen-bond acceptors (Lipinski definition) is 4. The summed E-state index contributed by atoms with van der Waals surface area (Å²) in [6.45, 7) is 1.72. The molecule has 0 bridgehead atoms. The van der Waals surface area contributed by atoms with Crippen molar-refractivity contribution in [1.82, 2.24) is 14.5 Å². The van der Waals surface area contributed by atoms with Gasteiger partial charge in [0, 0.05) is 23.4 Å². The Labute approximate surface area is 174 Å². The molecule has 164 valence electrons. The fourth-order valence-corrected chi connectivity index (χ4v) is 5.94. The van der Waals surface area contributed by atoms with Gasteiger partial charge in [-0.15, -0.1) is 11.3 Å². The predicted molar refractivity (Wildman–Crippen MR) is 108 cm³/mol. The molecule has 6 nitrogen and oxygen atoms in total. The molecule has 1 aliphatic heterocycles.